The van der Waals surface area contributed by atoms with Crippen LogP contribution in [0.5, 0.6) is 0 Å². The topological polar surface area (TPSA) is 0 Å². The number of aryl methyl sites for hydroxylation is 1. The summed E-state index contributed by atoms with van der Waals surface area (Å²) in [6.45, 7) is 12.8. The van der Waals surface area contributed by atoms with Gasteiger partial charge in [0.05, 0.1) is 0 Å². The van der Waals surface area contributed by atoms with E-state index in [1.807, 2.05) is 19.1 Å². The van der Waals surface area contributed by atoms with Crippen molar-refractivity contribution >= 4 is 0 Å². The molecule has 0 aliphatic rings. The minimum Gasteiger partial charge on any atom is -0.0622 e. The van der Waals surface area contributed by atoms with E-state index in [2.05, 4.69) is 90.1 Å². The molecular formula is C28H34. The van der Waals surface area contributed by atoms with Gasteiger partial charge in [-0.25, -0.2) is 0 Å². The summed E-state index contributed by atoms with van der Waals surface area (Å²) < 4.78 is 24.4. The van der Waals surface area contributed by atoms with E-state index in [0.717, 1.165) is 33.4 Å². The summed E-state index contributed by atoms with van der Waals surface area (Å²) in [4.78, 5) is 0. The van der Waals surface area contributed by atoms with Gasteiger partial charge in [0.1, 0.15) is 0 Å². The maximum Gasteiger partial charge on any atom is 0.0280 e. The van der Waals surface area contributed by atoms with Crippen LogP contribution in [0.1, 0.15) is 67.9 Å². The lowest BCUT2D eigenvalue weighted by atomic mass is 9.80. The first-order chi connectivity index (χ1) is 14.2. The summed E-state index contributed by atoms with van der Waals surface area (Å²) in [6, 6.07) is 21.1. The monoisotopic (exact) mass is 373 g/mol. The fourth-order valence-corrected chi connectivity index (χ4v) is 3.46. The molecule has 0 fully saturated rings. The Hall–Kier alpha value is -2.34. The van der Waals surface area contributed by atoms with Crippen LogP contribution in [0.25, 0.3) is 22.3 Å². The first kappa shape index (κ1) is 16.6. The van der Waals surface area contributed by atoms with Crippen molar-refractivity contribution in [2.24, 2.45) is 0 Å². The molecule has 0 aromatic heterocycles. The van der Waals surface area contributed by atoms with E-state index in [1.165, 1.54) is 5.56 Å². The molecule has 0 radical (unpaired) electrons. The van der Waals surface area contributed by atoms with Crippen molar-refractivity contribution in [2.45, 2.75) is 66.1 Å². The molecule has 0 N–H and O–H groups in total. The zero-order chi connectivity index (χ0) is 23.2. The van der Waals surface area contributed by atoms with Crippen LogP contribution in [0, 0.1) is 13.8 Å². The molecule has 0 amide bonds. The number of hydrogen-bond donors (Lipinski definition) is 0. The molecule has 0 aliphatic heterocycles. The van der Waals surface area contributed by atoms with Crippen molar-refractivity contribution in [2.75, 3.05) is 0 Å². The molecule has 0 heterocycles. The fourth-order valence-electron chi connectivity index (χ4n) is 3.46. The highest BCUT2D eigenvalue weighted by atomic mass is 14.2. The van der Waals surface area contributed by atoms with Gasteiger partial charge < -0.3 is 0 Å². The summed E-state index contributed by atoms with van der Waals surface area (Å²) in [5.74, 6) is 0. The summed E-state index contributed by atoms with van der Waals surface area (Å²) in [7, 11) is 0. The molecule has 0 heteroatoms. The first-order valence-corrected chi connectivity index (χ1v) is 10.0. The standard InChI is InChI=1S/C28H34/c1-19-14-24(27(3,4)5)18-26(20(19)2)23-15-22(21-12-10-9-11-13-21)16-25(17-23)28(6,7)8/h9-18H,1-8H3/i1D3. The van der Waals surface area contributed by atoms with E-state index < -0.39 is 6.85 Å². The van der Waals surface area contributed by atoms with Crippen LogP contribution in [0.4, 0.5) is 0 Å². The van der Waals surface area contributed by atoms with Gasteiger partial charge in [0.2, 0.25) is 0 Å². The Morgan fingerprint density at radius 3 is 1.79 bits per heavy atom. The third-order valence-electron chi connectivity index (χ3n) is 5.49. The summed E-state index contributed by atoms with van der Waals surface area (Å²) in [6.07, 6.45) is 0. The molecule has 0 saturated carbocycles. The molecule has 0 aliphatic carbocycles. The first-order valence-electron chi connectivity index (χ1n) is 11.5. The molecule has 0 saturated heterocycles. The average Bonchev–Trinajstić information content (AvgIpc) is 2.66. The largest absolute Gasteiger partial charge is 0.0622 e. The zero-order valence-corrected chi connectivity index (χ0v) is 18.3. The summed E-state index contributed by atoms with van der Waals surface area (Å²) >= 11 is 0. The molecule has 28 heavy (non-hydrogen) atoms. The predicted molar refractivity (Wildman–Crippen MR) is 124 cm³/mol. The van der Waals surface area contributed by atoms with Crippen molar-refractivity contribution in [1.29, 1.82) is 0 Å². The third-order valence-corrected chi connectivity index (χ3v) is 5.49. The molecular weight excluding hydrogens is 336 g/mol. The van der Waals surface area contributed by atoms with E-state index in [-0.39, 0.29) is 10.8 Å². The molecule has 0 nitrogen and oxygen atoms in total. The zero-order valence-electron chi connectivity index (χ0n) is 21.3. The molecule has 0 atom stereocenters. The minimum absolute atomic E-state index is 0.0259. The molecule has 3 aromatic rings. The van der Waals surface area contributed by atoms with Crippen molar-refractivity contribution in [3.05, 3.63) is 82.9 Å². The number of benzene rings is 3. The Labute approximate surface area is 175 Å². The quantitative estimate of drug-likeness (QED) is 0.424. The van der Waals surface area contributed by atoms with Gasteiger partial charge in [0.25, 0.3) is 0 Å². The Kier molecular flexibility index (Phi) is 4.29. The molecule has 0 unspecified atom stereocenters. The van der Waals surface area contributed by atoms with Gasteiger partial charge in [0.15, 0.2) is 0 Å². The summed E-state index contributed by atoms with van der Waals surface area (Å²) in [5, 5.41) is 0. The van der Waals surface area contributed by atoms with Crippen LogP contribution < -0.4 is 0 Å². The van der Waals surface area contributed by atoms with Crippen LogP contribution in [0.2, 0.25) is 0 Å². The average molecular weight is 374 g/mol. The van der Waals surface area contributed by atoms with Crippen LogP contribution >= 0.6 is 0 Å². The molecule has 0 spiro atoms. The second-order valence-corrected chi connectivity index (χ2v) is 9.86. The maximum atomic E-state index is 8.13. The van der Waals surface area contributed by atoms with Crippen molar-refractivity contribution in [3.63, 3.8) is 0 Å². The van der Waals surface area contributed by atoms with Crippen molar-refractivity contribution < 1.29 is 4.11 Å². The predicted octanol–water partition coefficient (Wildman–Crippen LogP) is 8.23. The molecule has 0 bridgehead atoms. The highest BCUT2D eigenvalue weighted by Crippen LogP contribution is 2.37. The van der Waals surface area contributed by atoms with E-state index in [0.29, 0.717) is 5.56 Å². The van der Waals surface area contributed by atoms with Gasteiger partial charge in [-0.1, -0.05) is 96.1 Å². The summed E-state index contributed by atoms with van der Waals surface area (Å²) in [5.41, 5.74) is 7.77. The van der Waals surface area contributed by atoms with E-state index in [4.69, 9.17) is 4.11 Å². The Bertz CT molecular complexity index is 1080. The highest BCUT2D eigenvalue weighted by molar-refractivity contribution is 5.77. The van der Waals surface area contributed by atoms with E-state index >= 15 is 0 Å². The Morgan fingerprint density at radius 2 is 1.21 bits per heavy atom. The van der Waals surface area contributed by atoms with Crippen LogP contribution in [-0.4, -0.2) is 0 Å². The second-order valence-electron chi connectivity index (χ2n) is 9.86. The minimum atomic E-state index is -2.15. The van der Waals surface area contributed by atoms with Crippen molar-refractivity contribution in [1.82, 2.24) is 0 Å². The van der Waals surface area contributed by atoms with Crippen molar-refractivity contribution in [3.8, 4) is 22.3 Å². The normalized spacial score (nSPS) is 14.3. The molecule has 3 rings (SSSR count). The van der Waals surface area contributed by atoms with Gasteiger partial charge in [0, 0.05) is 4.11 Å². The number of rotatable bonds is 2. The van der Waals surface area contributed by atoms with E-state index in [9.17, 15) is 0 Å². The lowest BCUT2D eigenvalue weighted by molar-refractivity contribution is 0.589. The van der Waals surface area contributed by atoms with E-state index in [1.54, 1.807) is 0 Å². The van der Waals surface area contributed by atoms with Gasteiger partial charge in [-0.05, 0) is 75.2 Å². The molecule has 146 valence electrons. The lowest BCUT2D eigenvalue weighted by Crippen LogP contribution is -2.13. The Morgan fingerprint density at radius 1 is 0.643 bits per heavy atom. The van der Waals surface area contributed by atoms with Crippen LogP contribution in [-0.2, 0) is 10.8 Å². The molecule has 3 aromatic carbocycles. The van der Waals surface area contributed by atoms with Gasteiger partial charge in [-0.3, -0.25) is 0 Å². The van der Waals surface area contributed by atoms with Crippen LogP contribution in [0.15, 0.2) is 60.7 Å². The van der Waals surface area contributed by atoms with Gasteiger partial charge in [-0.15, -0.1) is 0 Å². The number of hydrogen-bond acceptors (Lipinski definition) is 0. The highest BCUT2D eigenvalue weighted by Gasteiger charge is 2.20. The third kappa shape index (κ3) is 4.22. The second kappa shape index (κ2) is 7.24. The van der Waals surface area contributed by atoms with Gasteiger partial charge in [-0.2, -0.15) is 0 Å². The SMILES string of the molecule is [2H]C([2H])([2H])c1cc(C(C)(C)C)cc(-c2cc(-c3ccccc3)cc(C(C)(C)C)c2)c1C. The Balaban J connectivity index is 2.36. The smallest absolute Gasteiger partial charge is 0.0280 e. The van der Waals surface area contributed by atoms with Crippen LogP contribution in [0.3, 0.4) is 0 Å². The maximum absolute atomic E-state index is 8.13. The fraction of sp³-hybridized carbons (Fsp3) is 0.357. The lowest BCUT2D eigenvalue weighted by Gasteiger charge is -2.25. The van der Waals surface area contributed by atoms with Gasteiger partial charge >= 0.3 is 0 Å².